The van der Waals surface area contributed by atoms with Crippen molar-refractivity contribution in [1.82, 2.24) is 9.97 Å². The normalized spacial score (nSPS) is 10.1. The lowest BCUT2D eigenvalue weighted by Crippen LogP contribution is -2.28. The summed E-state index contributed by atoms with van der Waals surface area (Å²) in [5, 5.41) is 19.5. The van der Waals surface area contributed by atoms with Crippen LogP contribution in [-0.4, -0.2) is 113 Å². The Kier molecular flexibility index (Phi) is 98.1. The fourth-order valence-electron chi connectivity index (χ4n) is 3.36. The second-order valence-electron chi connectivity index (χ2n) is 12.8. The molecule has 74 heavy (non-hydrogen) atoms. The van der Waals surface area contributed by atoms with Crippen LogP contribution in [0.25, 0.3) is 0 Å². The van der Waals surface area contributed by atoms with Crippen molar-refractivity contribution in [2.24, 2.45) is 0 Å². The molecule has 0 aliphatic carbocycles. The van der Waals surface area contributed by atoms with Gasteiger partial charge in [-0.25, -0.2) is 9.97 Å². The van der Waals surface area contributed by atoms with E-state index in [-0.39, 0.29) is 12.9 Å². The molecule has 2 heterocycles. The summed E-state index contributed by atoms with van der Waals surface area (Å²) in [7, 11) is 12.8. The number of rotatable bonds is 32. The predicted molar refractivity (Wildman–Crippen MR) is 362 cm³/mol. The number of nitrogens with zero attached hydrogens (tertiary/aromatic N) is 2. The minimum absolute atomic E-state index is 0. The summed E-state index contributed by atoms with van der Waals surface area (Å²) < 4.78 is 10.0. The fourth-order valence-corrected chi connectivity index (χ4v) is 10.9. The van der Waals surface area contributed by atoms with Gasteiger partial charge in [0, 0.05) is 140 Å². The van der Waals surface area contributed by atoms with Gasteiger partial charge in [-0.2, -0.15) is 25.3 Å². The molecule has 10 nitrogen and oxygen atoms in total. The molecule has 0 amide bonds. The van der Waals surface area contributed by atoms with Gasteiger partial charge in [-0.3, -0.25) is 28.8 Å². The molecule has 0 aliphatic heterocycles. The smallest absolute Gasteiger partial charge is 0.133 e. The average molecular weight is 1270 g/mol. The number of pyridine rings is 2. The van der Waals surface area contributed by atoms with Gasteiger partial charge in [0.15, 0.2) is 0 Å². The van der Waals surface area contributed by atoms with Crippen LogP contribution in [-0.2, 0) is 28.8 Å². The Balaban J connectivity index is -0.0000000856. The Morgan fingerprint density at radius 1 is 0.459 bits per heavy atom. The van der Waals surface area contributed by atoms with Crippen molar-refractivity contribution in [3.05, 3.63) is 48.8 Å². The summed E-state index contributed by atoms with van der Waals surface area (Å²) in [6.45, 7) is 27.3. The topological polar surface area (TPSA) is 169 Å². The summed E-state index contributed by atoms with van der Waals surface area (Å²) in [6.07, 6.45) is 9.97. The van der Waals surface area contributed by atoms with E-state index in [9.17, 15) is 28.8 Å². The van der Waals surface area contributed by atoms with Gasteiger partial charge in [0.1, 0.15) is 44.8 Å². The minimum atomic E-state index is -0.740. The second kappa shape index (κ2) is 82.3. The predicted octanol–water partition coefficient (Wildman–Crippen LogP) is 17.5. The Morgan fingerprint density at radius 2 is 0.689 bits per heavy atom. The number of ketones is 6. The van der Waals surface area contributed by atoms with Crippen LogP contribution in [0, 0.1) is 0 Å². The Morgan fingerprint density at radius 3 is 0.878 bits per heavy atom. The highest BCUT2D eigenvalue weighted by molar-refractivity contribution is 8.77. The van der Waals surface area contributed by atoms with Crippen LogP contribution < -0.4 is 0 Å². The molecule has 2 atom stereocenters. The van der Waals surface area contributed by atoms with Crippen molar-refractivity contribution in [2.75, 3.05) is 46.0 Å². The van der Waals surface area contributed by atoms with Gasteiger partial charge in [0.25, 0.3) is 0 Å². The lowest BCUT2D eigenvalue weighted by atomic mass is 10.2. The molecule has 22 heteroatoms. The van der Waals surface area contributed by atoms with Crippen LogP contribution in [0.2, 0.25) is 0 Å². The van der Waals surface area contributed by atoms with E-state index in [0.717, 1.165) is 44.6 Å². The number of thiol groups is 4. The van der Waals surface area contributed by atoms with E-state index >= 15 is 0 Å². The maximum absolute atomic E-state index is 11.0. The molecule has 440 valence electrons. The van der Waals surface area contributed by atoms with E-state index in [0.29, 0.717) is 112 Å². The molecule has 2 aromatic rings. The van der Waals surface area contributed by atoms with E-state index in [1.807, 2.05) is 133 Å². The van der Waals surface area contributed by atoms with Crippen molar-refractivity contribution in [1.29, 1.82) is 0 Å². The third-order valence-electron chi connectivity index (χ3n) is 7.63. The van der Waals surface area contributed by atoms with Gasteiger partial charge in [-0.15, -0.1) is 23.3 Å². The highest BCUT2D eigenvalue weighted by atomic mass is 33.1. The van der Waals surface area contributed by atoms with Crippen LogP contribution in [0.15, 0.2) is 58.8 Å². The minimum Gasteiger partial charge on any atom is -0.390 e. The van der Waals surface area contributed by atoms with Crippen LogP contribution in [0.3, 0.4) is 0 Å². The van der Waals surface area contributed by atoms with Crippen LogP contribution in [0.4, 0.5) is 0 Å². The molecule has 0 bridgehead atoms. The molecule has 0 spiro atoms. The fraction of sp³-hybridized carbons (Fsp3) is 0.692. The molecule has 0 saturated carbocycles. The number of aromatic nitrogens is 2. The number of Topliss-reactive ketones (excluding diaryl/α,β-unsaturated/α-hetero) is 6. The first-order chi connectivity index (χ1) is 36.7. The standard InChI is InChI=1S/2C10H13NOS2.C10H18O2S2.2C5H10OS2.C4H10O2S2.4C2H6.2H2/c2*1-2-9(12)6-8-13-14-10-5-3-4-7-11-10;1-3-9(11)5-7-13-14-8-6-10(12)4-2;2*1-2-5(6)3-4-8-7;5-3(1-7)4(6)2-8;4*1-2;;/h2*3-5,7H,2,6,8H2,1H3;3-8H2,1-2H3;2*7H,2-4H2,1H3;3-8H,1-2H2;4*1-2H3;2*1H/i;;;;;;;;;;1+2D;1+2. The van der Waals surface area contributed by atoms with Crippen molar-refractivity contribution in [3.8, 4) is 0 Å². The summed E-state index contributed by atoms with van der Waals surface area (Å²) in [5.74, 6) is 7.69. The van der Waals surface area contributed by atoms with Crippen LogP contribution in [0.1, 0.15) is 178 Å². The first-order valence-electron chi connectivity index (χ1n) is 26.6. The maximum atomic E-state index is 11.0. The number of carbonyl (C=O) groups excluding carboxylic acids is 6. The average Bonchev–Trinajstić information content (AvgIpc) is 3.49. The number of hydrogen-bond acceptors (Lipinski definition) is 22. The highest BCUT2D eigenvalue weighted by Crippen LogP contribution is 2.30. The van der Waals surface area contributed by atoms with E-state index in [1.165, 1.54) is 21.6 Å². The Hall–Kier alpha value is 0.440. The molecule has 2 N–H and O–H groups in total. The molecular formula is C52H102N2O8S12. The van der Waals surface area contributed by atoms with Gasteiger partial charge >= 0.3 is 0 Å². The summed E-state index contributed by atoms with van der Waals surface area (Å²) in [5.41, 5.74) is 0. The maximum Gasteiger partial charge on any atom is 0.133 e. The quantitative estimate of drug-likeness (QED) is 0.0232. The summed E-state index contributed by atoms with van der Waals surface area (Å²) in [6, 6.07) is 11.7. The third-order valence-corrected chi connectivity index (χ3v) is 17.2. The van der Waals surface area contributed by atoms with Gasteiger partial charge < -0.3 is 10.2 Å². The highest BCUT2D eigenvalue weighted by Gasteiger charge is 2.11. The first-order valence-corrected chi connectivity index (χ1v) is 38.0. The van der Waals surface area contributed by atoms with Gasteiger partial charge in [-0.05, 0) is 45.9 Å². The third kappa shape index (κ3) is 81.3. The zero-order valence-electron chi connectivity index (χ0n) is 49.2. The van der Waals surface area contributed by atoms with Crippen LogP contribution >= 0.6 is 135 Å². The molecular weight excluding hydrogens is 1170 g/mol. The van der Waals surface area contributed by atoms with Gasteiger partial charge in [-0.1, -0.05) is 174 Å². The number of hydrogen-bond donors (Lipinski definition) is 6. The van der Waals surface area contributed by atoms with Crippen molar-refractivity contribution in [2.45, 2.75) is 196 Å². The molecule has 0 fully saturated rings. The van der Waals surface area contributed by atoms with Crippen molar-refractivity contribution < 1.29 is 43.4 Å². The summed E-state index contributed by atoms with van der Waals surface area (Å²) in [4.78, 5) is 73.2. The Labute approximate surface area is 509 Å². The molecule has 0 saturated heterocycles. The van der Waals surface area contributed by atoms with Crippen LogP contribution in [0.5, 0.6) is 0 Å². The largest absolute Gasteiger partial charge is 0.390 e. The molecule has 0 aromatic carbocycles. The zero-order chi connectivity index (χ0) is 60.6. The molecule has 2 aromatic heterocycles. The zero-order valence-corrected chi connectivity index (χ0v) is 57.3. The summed E-state index contributed by atoms with van der Waals surface area (Å²) >= 11 is 15.3. The molecule has 0 aliphatic rings. The van der Waals surface area contributed by atoms with Crippen molar-refractivity contribution >= 4 is 170 Å². The second-order valence-corrected chi connectivity index (χ2v) is 24.0. The SMILES string of the molecule is CC.CC.CC.CC.CCC(=O)CCSS.CCC(=O)CCSS.CCC(=O)CCSSCCC(=O)CC.CCC(=O)CCSSc1ccccn1.CCC(=O)CCSSc1ccccn1.OC(CS)C(O)CS.[2H][3H].[3HH]. The van der Waals surface area contributed by atoms with E-state index < -0.39 is 12.2 Å². The van der Waals surface area contributed by atoms with Crippen molar-refractivity contribution in [3.63, 3.8) is 0 Å². The number of aliphatic hydroxyl groups excluding tert-OH is 2. The molecule has 2 rings (SSSR count). The first kappa shape index (κ1) is 88.3. The lowest BCUT2D eigenvalue weighted by molar-refractivity contribution is -0.119. The number of aliphatic hydroxyl groups is 2. The van der Waals surface area contributed by atoms with Gasteiger partial charge in [0.2, 0.25) is 0 Å². The van der Waals surface area contributed by atoms with E-state index in [1.54, 1.807) is 77.2 Å². The lowest BCUT2D eigenvalue weighted by Gasteiger charge is -2.11. The molecule has 0 radical (unpaired) electrons. The number of carbonyl (C=O) groups is 6. The molecule has 2 unspecified atom stereocenters. The van der Waals surface area contributed by atoms with E-state index in [2.05, 4.69) is 58.5 Å². The monoisotopic (exact) mass is 1270 g/mol. The Bertz CT molecular complexity index is 1370. The van der Waals surface area contributed by atoms with E-state index in [4.69, 9.17) is 13.2 Å². The van der Waals surface area contributed by atoms with Gasteiger partial charge in [0.05, 0.1) is 12.2 Å².